The topological polar surface area (TPSA) is 144 Å². The van der Waals surface area contributed by atoms with E-state index in [1.807, 2.05) is 5.43 Å². The summed E-state index contributed by atoms with van der Waals surface area (Å²) in [5.41, 5.74) is 1.31. The van der Waals surface area contributed by atoms with Crippen LogP contribution >= 0.6 is 11.6 Å². The van der Waals surface area contributed by atoms with E-state index in [-0.39, 0.29) is 16.0 Å². The number of halogens is 2. The first-order chi connectivity index (χ1) is 13.2. The summed E-state index contributed by atoms with van der Waals surface area (Å²) in [5.74, 6) is -1.73. The predicted molar refractivity (Wildman–Crippen MR) is 99.9 cm³/mol. The number of hydrogen-bond acceptors (Lipinski definition) is 7. The molecule has 1 aromatic heterocycles. The third-order valence-corrected chi connectivity index (χ3v) is 4.32. The summed E-state index contributed by atoms with van der Waals surface area (Å²) in [5, 5.41) is 40.2. The number of fused-ring (bicyclic) bond motifs is 1. The lowest BCUT2D eigenvalue weighted by molar-refractivity contribution is -0.0542. The van der Waals surface area contributed by atoms with E-state index in [2.05, 4.69) is 5.10 Å². The number of carbonyl (C=O) groups is 1. The first-order valence-corrected chi connectivity index (χ1v) is 8.59. The molecule has 1 aromatic carbocycles. The molecular formula is C17H19ClFN3O6. The van der Waals surface area contributed by atoms with Crippen molar-refractivity contribution >= 4 is 34.6 Å². The van der Waals surface area contributed by atoms with Crippen molar-refractivity contribution in [2.24, 2.45) is 5.10 Å². The number of pyridine rings is 1. The van der Waals surface area contributed by atoms with Gasteiger partial charge in [0.25, 0.3) is 5.91 Å². The molecular weight excluding hydrogens is 397 g/mol. The van der Waals surface area contributed by atoms with E-state index >= 15 is 0 Å². The van der Waals surface area contributed by atoms with Crippen LogP contribution in [-0.4, -0.2) is 62.0 Å². The fourth-order valence-corrected chi connectivity index (χ4v) is 2.62. The molecule has 0 fully saturated rings. The van der Waals surface area contributed by atoms with Gasteiger partial charge in [-0.05, 0) is 19.1 Å². The first kappa shape index (κ1) is 21.9. The Hall–Kier alpha value is -2.37. The monoisotopic (exact) mass is 415 g/mol. The average Bonchev–Trinajstić information content (AvgIpc) is 2.68. The predicted octanol–water partition coefficient (Wildman–Crippen LogP) is -0.395. The number of rotatable bonds is 7. The van der Waals surface area contributed by atoms with Crippen LogP contribution < -0.4 is 10.9 Å². The summed E-state index contributed by atoms with van der Waals surface area (Å²) in [6.45, 7) is 1.34. The summed E-state index contributed by atoms with van der Waals surface area (Å²) < 4.78 is 15.3. The Labute approximate surface area is 163 Å². The molecule has 0 unspecified atom stereocenters. The van der Waals surface area contributed by atoms with Crippen molar-refractivity contribution in [2.75, 3.05) is 6.61 Å². The lowest BCUT2D eigenvalue weighted by Gasteiger charge is -2.18. The van der Waals surface area contributed by atoms with E-state index in [0.717, 1.165) is 12.3 Å². The molecule has 9 nitrogen and oxygen atoms in total. The second-order valence-electron chi connectivity index (χ2n) is 5.89. The zero-order valence-electron chi connectivity index (χ0n) is 14.7. The Morgan fingerprint density at radius 1 is 1.39 bits per heavy atom. The zero-order valence-corrected chi connectivity index (χ0v) is 15.5. The van der Waals surface area contributed by atoms with Gasteiger partial charge in [0.05, 0.1) is 23.4 Å². The number of hydrazone groups is 1. The van der Waals surface area contributed by atoms with Crippen LogP contribution in [0.5, 0.6) is 0 Å². The van der Waals surface area contributed by atoms with Crippen molar-refractivity contribution < 1.29 is 29.6 Å². The van der Waals surface area contributed by atoms with Crippen molar-refractivity contribution in [1.29, 1.82) is 0 Å². The number of carbonyl (C=O) groups excluding carboxylic acids is 1. The van der Waals surface area contributed by atoms with Gasteiger partial charge in [0.1, 0.15) is 29.7 Å². The van der Waals surface area contributed by atoms with Gasteiger partial charge >= 0.3 is 0 Å². The van der Waals surface area contributed by atoms with E-state index in [1.54, 1.807) is 6.92 Å². The van der Waals surface area contributed by atoms with E-state index in [1.165, 1.54) is 16.8 Å². The normalized spacial score (nSPS) is 15.0. The van der Waals surface area contributed by atoms with Crippen LogP contribution in [0.25, 0.3) is 10.9 Å². The van der Waals surface area contributed by atoms with Crippen molar-refractivity contribution in [3.63, 3.8) is 0 Å². The van der Waals surface area contributed by atoms with Gasteiger partial charge in [0.15, 0.2) is 0 Å². The second kappa shape index (κ2) is 9.22. The van der Waals surface area contributed by atoms with Crippen LogP contribution in [0.1, 0.15) is 17.3 Å². The molecule has 0 saturated carbocycles. The number of aryl methyl sites for hydroxylation is 1. The molecule has 11 heteroatoms. The summed E-state index contributed by atoms with van der Waals surface area (Å²) >= 11 is 5.76. The molecule has 28 heavy (non-hydrogen) atoms. The molecule has 0 aliphatic rings. The number of aliphatic hydroxyl groups excluding tert-OH is 4. The zero-order chi connectivity index (χ0) is 21.0. The molecule has 0 spiro atoms. The molecule has 5 N–H and O–H groups in total. The van der Waals surface area contributed by atoms with Gasteiger partial charge in [-0.3, -0.25) is 9.59 Å². The molecule has 1 heterocycles. The highest BCUT2D eigenvalue weighted by Crippen LogP contribution is 2.21. The van der Waals surface area contributed by atoms with Gasteiger partial charge in [-0.15, -0.1) is 0 Å². The third-order valence-electron chi connectivity index (χ3n) is 4.03. The van der Waals surface area contributed by atoms with Crippen molar-refractivity contribution in [1.82, 2.24) is 9.99 Å². The van der Waals surface area contributed by atoms with Gasteiger partial charge in [-0.25, -0.2) is 9.82 Å². The van der Waals surface area contributed by atoms with Crippen LogP contribution in [0.4, 0.5) is 4.39 Å². The van der Waals surface area contributed by atoms with Crippen LogP contribution in [0.15, 0.2) is 28.2 Å². The molecule has 0 aliphatic heterocycles. The molecule has 152 valence electrons. The first-order valence-electron chi connectivity index (χ1n) is 8.22. The van der Waals surface area contributed by atoms with Gasteiger partial charge < -0.3 is 25.0 Å². The number of amides is 1. The molecule has 2 rings (SSSR count). The largest absolute Gasteiger partial charge is 0.394 e. The number of hydrogen-bond donors (Lipinski definition) is 5. The minimum Gasteiger partial charge on any atom is -0.394 e. The molecule has 0 saturated heterocycles. The maximum atomic E-state index is 13.8. The van der Waals surface area contributed by atoms with Crippen LogP contribution in [0, 0.1) is 5.82 Å². The lowest BCUT2D eigenvalue weighted by Crippen LogP contribution is -2.40. The lowest BCUT2D eigenvalue weighted by atomic mass is 10.1. The van der Waals surface area contributed by atoms with E-state index < -0.39 is 42.1 Å². The SMILES string of the molecule is CCn1cc(C(=O)N/N=C/[C@H](O)[C@H](O)[C@H](O)CO)c(=O)c2cc(F)c(Cl)cc21. The fraction of sp³-hybridized carbons (Fsp3) is 0.353. The van der Waals surface area contributed by atoms with Gasteiger partial charge in [0, 0.05) is 18.1 Å². The summed E-state index contributed by atoms with van der Waals surface area (Å²) in [6.07, 6.45) is -3.01. The molecule has 0 bridgehead atoms. The van der Waals surface area contributed by atoms with Gasteiger partial charge in [-0.2, -0.15) is 5.10 Å². The van der Waals surface area contributed by atoms with Crippen LogP contribution in [0.3, 0.4) is 0 Å². The van der Waals surface area contributed by atoms with Gasteiger partial charge in [-0.1, -0.05) is 11.6 Å². The Morgan fingerprint density at radius 3 is 2.68 bits per heavy atom. The van der Waals surface area contributed by atoms with E-state index in [9.17, 15) is 29.3 Å². The Morgan fingerprint density at radius 2 is 2.07 bits per heavy atom. The average molecular weight is 416 g/mol. The molecule has 0 aliphatic carbocycles. The number of nitrogens with zero attached hydrogens (tertiary/aromatic N) is 2. The second-order valence-corrected chi connectivity index (χ2v) is 6.30. The highest BCUT2D eigenvalue weighted by molar-refractivity contribution is 6.31. The number of aromatic nitrogens is 1. The van der Waals surface area contributed by atoms with Crippen LogP contribution in [-0.2, 0) is 6.54 Å². The fourth-order valence-electron chi connectivity index (χ4n) is 2.46. The Kier molecular flexibility index (Phi) is 7.22. The summed E-state index contributed by atoms with van der Waals surface area (Å²) in [7, 11) is 0. The van der Waals surface area contributed by atoms with Gasteiger partial charge in [0.2, 0.25) is 5.43 Å². The summed E-state index contributed by atoms with van der Waals surface area (Å²) in [4.78, 5) is 24.8. The quantitative estimate of drug-likeness (QED) is 0.307. The smallest absolute Gasteiger partial charge is 0.276 e. The van der Waals surface area contributed by atoms with E-state index in [4.69, 9.17) is 16.7 Å². The highest BCUT2D eigenvalue weighted by atomic mass is 35.5. The minimum atomic E-state index is -1.73. The minimum absolute atomic E-state index is 0.0399. The third kappa shape index (κ3) is 4.54. The maximum absolute atomic E-state index is 13.8. The number of benzene rings is 1. The summed E-state index contributed by atoms with van der Waals surface area (Å²) in [6, 6.07) is 2.24. The standard InChI is InChI=1S/C17H19ClFN3O6/c1-2-22-6-9(15(26)8-3-11(19)10(18)4-12(8)22)17(28)21-20-5-13(24)16(27)14(25)7-23/h3-6,13-14,16,23-25,27H,2,7H2,1H3,(H,21,28)/b20-5+/t13-,14+,16-/m0/s1. The Bertz CT molecular complexity index is 964. The van der Waals surface area contributed by atoms with Crippen molar-refractivity contribution in [2.45, 2.75) is 31.8 Å². The number of aliphatic hydroxyl groups is 4. The molecule has 1 amide bonds. The maximum Gasteiger partial charge on any atom is 0.276 e. The van der Waals surface area contributed by atoms with Crippen molar-refractivity contribution in [3.05, 3.63) is 45.0 Å². The Balaban J connectivity index is 2.31. The molecule has 3 atom stereocenters. The highest BCUT2D eigenvalue weighted by Gasteiger charge is 2.23. The van der Waals surface area contributed by atoms with Crippen LogP contribution in [0.2, 0.25) is 5.02 Å². The molecule has 2 aromatic rings. The van der Waals surface area contributed by atoms with E-state index in [0.29, 0.717) is 12.1 Å². The molecule has 0 radical (unpaired) electrons. The number of nitrogens with one attached hydrogen (secondary N) is 1. The van der Waals surface area contributed by atoms with Crippen molar-refractivity contribution in [3.8, 4) is 0 Å².